The smallest absolute Gasteiger partial charge is 0.303 e. The highest BCUT2D eigenvalue weighted by Gasteiger charge is 2.61. The van der Waals surface area contributed by atoms with Crippen LogP contribution in [0.2, 0.25) is 0 Å². The van der Waals surface area contributed by atoms with Crippen LogP contribution in [0.25, 0.3) is 5.52 Å². The minimum atomic E-state index is -1.88. The van der Waals surface area contributed by atoms with Crippen LogP contribution in [0.5, 0.6) is 0 Å². The highest BCUT2D eigenvalue weighted by Crippen LogP contribution is 2.43. The second-order valence-corrected chi connectivity index (χ2v) is 6.70. The zero-order chi connectivity index (χ0) is 22.1. The number of ether oxygens (including phenoxy) is 4. The summed E-state index contributed by atoms with van der Waals surface area (Å²) >= 11 is 0. The van der Waals surface area contributed by atoms with Crippen molar-refractivity contribution in [3.8, 4) is 6.07 Å². The van der Waals surface area contributed by atoms with E-state index in [1.807, 2.05) is 0 Å². The van der Waals surface area contributed by atoms with E-state index >= 15 is 0 Å². The largest absolute Gasteiger partial charge is 0.463 e. The normalized spacial score (nSPS) is 26.8. The summed E-state index contributed by atoms with van der Waals surface area (Å²) in [6.07, 6.45) is -3.62. The number of aliphatic hydroxyl groups excluding tert-OH is 1. The molecular formula is C18H21N5O7. The molecule has 0 spiro atoms. The Morgan fingerprint density at radius 3 is 2.77 bits per heavy atom. The molecule has 1 saturated heterocycles. The molecule has 1 aliphatic rings. The Morgan fingerprint density at radius 2 is 2.17 bits per heavy atom. The first-order valence-corrected chi connectivity index (χ1v) is 9.01. The zero-order valence-corrected chi connectivity index (χ0v) is 16.5. The van der Waals surface area contributed by atoms with Crippen LogP contribution >= 0.6 is 0 Å². The number of anilines is 1. The van der Waals surface area contributed by atoms with Gasteiger partial charge in [0.25, 0.3) is 0 Å². The van der Waals surface area contributed by atoms with Crippen LogP contribution in [0.1, 0.15) is 26.5 Å². The van der Waals surface area contributed by atoms with Gasteiger partial charge in [-0.05, 0) is 19.1 Å². The minimum Gasteiger partial charge on any atom is -0.463 e. The number of hydrogen-bond acceptors (Lipinski definition) is 11. The molecule has 1 unspecified atom stereocenters. The minimum absolute atomic E-state index is 0.170. The van der Waals surface area contributed by atoms with Gasteiger partial charge >= 0.3 is 11.9 Å². The number of nitrogens with zero attached hydrogens (tertiary/aromatic N) is 4. The number of nitrogens with two attached hydrogens (primary N) is 1. The topological polar surface area (TPSA) is 171 Å². The summed E-state index contributed by atoms with van der Waals surface area (Å²) in [5, 5.41) is 24.2. The Balaban J connectivity index is 2.15. The second kappa shape index (κ2) is 8.23. The van der Waals surface area contributed by atoms with E-state index in [2.05, 4.69) is 16.2 Å². The van der Waals surface area contributed by atoms with Crippen LogP contribution < -0.4 is 5.73 Å². The molecule has 3 rings (SSSR count). The third kappa shape index (κ3) is 3.78. The Kier molecular flexibility index (Phi) is 5.88. The molecule has 30 heavy (non-hydrogen) atoms. The van der Waals surface area contributed by atoms with E-state index in [1.165, 1.54) is 31.6 Å². The van der Waals surface area contributed by atoms with Crippen LogP contribution in [0, 0.1) is 11.3 Å². The first-order chi connectivity index (χ1) is 14.2. The first kappa shape index (κ1) is 21.4. The van der Waals surface area contributed by atoms with Gasteiger partial charge in [0, 0.05) is 13.8 Å². The maximum absolute atomic E-state index is 11.7. The van der Waals surface area contributed by atoms with E-state index in [0.717, 1.165) is 0 Å². The standard InChI is InChI=1S/C18H21N5O7/c1-9(24)27-6-13-15(28-10(2)25)16(29-11(3)26)18(7-19,30-13)14-5-4-12-17(20)21-8-22-23(12)14/h4-5,8,11,13,15-16,26H,6H2,1-3H3,(H2,20,21,22)/t11?,13-,15-,16-,18+/m1/s1. The first-order valence-electron chi connectivity index (χ1n) is 9.01. The van der Waals surface area contributed by atoms with E-state index in [-0.39, 0.29) is 18.1 Å². The fourth-order valence-electron chi connectivity index (χ4n) is 3.43. The summed E-state index contributed by atoms with van der Waals surface area (Å²) in [6.45, 7) is 3.41. The number of nitrogen functional groups attached to an aromatic ring is 1. The number of carbonyl (C=O) groups is 2. The van der Waals surface area contributed by atoms with E-state index in [0.29, 0.717) is 5.52 Å². The van der Waals surface area contributed by atoms with Crippen LogP contribution in [-0.4, -0.2) is 62.9 Å². The van der Waals surface area contributed by atoms with Crippen LogP contribution in [0.15, 0.2) is 18.5 Å². The summed E-state index contributed by atoms with van der Waals surface area (Å²) < 4.78 is 23.3. The van der Waals surface area contributed by atoms with Crippen molar-refractivity contribution in [2.24, 2.45) is 0 Å². The maximum Gasteiger partial charge on any atom is 0.303 e. The predicted octanol–water partition coefficient (Wildman–Crippen LogP) is -0.353. The van der Waals surface area contributed by atoms with Gasteiger partial charge < -0.3 is 29.8 Å². The van der Waals surface area contributed by atoms with E-state index in [4.69, 9.17) is 24.7 Å². The molecular weight excluding hydrogens is 398 g/mol. The predicted molar refractivity (Wildman–Crippen MR) is 98.3 cm³/mol. The summed E-state index contributed by atoms with van der Waals surface area (Å²) in [5.74, 6) is -1.09. The highest BCUT2D eigenvalue weighted by atomic mass is 16.7. The van der Waals surface area contributed by atoms with Gasteiger partial charge in [-0.1, -0.05) is 0 Å². The molecule has 3 N–H and O–H groups in total. The molecule has 0 bridgehead atoms. The number of aromatic nitrogens is 3. The zero-order valence-electron chi connectivity index (χ0n) is 16.5. The van der Waals surface area contributed by atoms with E-state index in [1.54, 1.807) is 12.1 Å². The number of hydrogen-bond donors (Lipinski definition) is 2. The van der Waals surface area contributed by atoms with Gasteiger partial charge in [-0.2, -0.15) is 10.4 Å². The third-order valence-electron chi connectivity index (χ3n) is 4.53. The number of carbonyl (C=O) groups excluding carboxylic acids is 2. The van der Waals surface area contributed by atoms with Crippen molar-refractivity contribution in [1.29, 1.82) is 5.26 Å². The van der Waals surface area contributed by atoms with Crippen LogP contribution in [-0.2, 0) is 34.1 Å². The SMILES string of the molecule is CC(=O)OC[C@H]1O[C@@](C#N)(c2ccc3c(N)ncnn23)[C@H](OC(C)O)[C@@H]1OC(C)=O. The second-order valence-electron chi connectivity index (χ2n) is 6.70. The molecule has 0 radical (unpaired) electrons. The van der Waals surface area contributed by atoms with E-state index < -0.39 is 42.1 Å². The molecule has 160 valence electrons. The molecule has 0 amide bonds. The summed E-state index contributed by atoms with van der Waals surface area (Å²) in [7, 11) is 0. The van der Waals surface area contributed by atoms with Gasteiger partial charge in [0.2, 0.25) is 5.60 Å². The van der Waals surface area contributed by atoms with Gasteiger partial charge in [0.05, 0.1) is 5.69 Å². The third-order valence-corrected chi connectivity index (χ3v) is 4.53. The lowest BCUT2D eigenvalue weighted by Gasteiger charge is -2.29. The van der Waals surface area contributed by atoms with Crippen LogP contribution in [0.3, 0.4) is 0 Å². The average molecular weight is 419 g/mol. The molecule has 1 aliphatic heterocycles. The lowest BCUT2D eigenvalue weighted by Crippen LogP contribution is -2.46. The molecule has 12 nitrogen and oxygen atoms in total. The molecule has 0 aromatic carbocycles. The molecule has 12 heteroatoms. The van der Waals surface area contributed by atoms with E-state index in [9.17, 15) is 20.0 Å². The lowest BCUT2D eigenvalue weighted by atomic mass is 9.92. The molecule has 5 atom stereocenters. The fourth-order valence-corrected chi connectivity index (χ4v) is 3.43. The molecule has 3 heterocycles. The van der Waals surface area contributed by atoms with Crippen molar-refractivity contribution < 1.29 is 33.6 Å². The van der Waals surface area contributed by atoms with Crippen molar-refractivity contribution in [3.05, 3.63) is 24.2 Å². The monoisotopic (exact) mass is 419 g/mol. The Morgan fingerprint density at radius 1 is 1.43 bits per heavy atom. The van der Waals surface area contributed by atoms with Crippen molar-refractivity contribution in [2.75, 3.05) is 12.3 Å². The molecule has 1 fully saturated rings. The van der Waals surface area contributed by atoms with Gasteiger partial charge in [-0.25, -0.2) is 9.50 Å². The number of esters is 2. The Labute approximate surface area is 171 Å². The molecule has 2 aromatic rings. The Bertz CT molecular complexity index is 1000. The summed E-state index contributed by atoms with van der Waals surface area (Å²) in [5.41, 5.74) is 4.62. The maximum atomic E-state index is 11.7. The number of rotatable bonds is 6. The van der Waals surface area contributed by atoms with Crippen molar-refractivity contribution in [2.45, 2.75) is 51.0 Å². The van der Waals surface area contributed by atoms with Gasteiger partial charge in [-0.15, -0.1) is 0 Å². The molecule has 2 aromatic heterocycles. The van der Waals surface area contributed by atoms with Gasteiger partial charge in [0.15, 0.2) is 18.2 Å². The van der Waals surface area contributed by atoms with Crippen molar-refractivity contribution >= 4 is 23.3 Å². The van der Waals surface area contributed by atoms with Crippen LogP contribution in [0.4, 0.5) is 5.82 Å². The van der Waals surface area contributed by atoms with Gasteiger partial charge in [0.1, 0.15) is 36.7 Å². The average Bonchev–Trinajstić information content (AvgIpc) is 3.21. The number of nitriles is 1. The number of aliphatic hydroxyl groups is 1. The number of fused-ring (bicyclic) bond motifs is 1. The summed E-state index contributed by atoms with van der Waals surface area (Å²) in [6, 6.07) is 5.19. The Hall–Kier alpha value is -3.27. The highest BCUT2D eigenvalue weighted by molar-refractivity contribution is 5.67. The molecule has 0 aliphatic carbocycles. The van der Waals surface area contributed by atoms with Crippen molar-refractivity contribution in [3.63, 3.8) is 0 Å². The fraction of sp³-hybridized carbons (Fsp3) is 0.500. The van der Waals surface area contributed by atoms with Crippen molar-refractivity contribution in [1.82, 2.24) is 14.6 Å². The van der Waals surface area contributed by atoms with Gasteiger partial charge in [-0.3, -0.25) is 9.59 Å². The molecule has 0 saturated carbocycles. The quantitative estimate of drug-likeness (QED) is 0.463. The lowest BCUT2D eigenvalue weighted by molar-refractivity contribution is -0.184. The summed E-state index contributed by atoms with van der Waals surface area (Å²) in [4.78, 5) is 26.9.